The Balaban J connectivity index is 1.58. The lowest BCUT2D eigenvalue weighted by atomic mass is 10.1. The van der Waals surface area contributed by atoms with Crippen molar-refractivity contribution in [2.75, 3.05) is 0 Å². The fraction of sp³-hybridized carbons (Fsp3) is 0.450. The fourth-order valence-corrected chi connectivity index (χ4v) is 4.18. The third-order valence-electron chi connectivity index (χ3n) is 4.63. The van der Waals surface area contributed by atoms with Gasteiger partial charge in [0.1, 0.15) is 5.76 Å². The highest BCUT2D eigenvalue weighted by Gasteiger charge is 2.18. The largest absolute Gasteiger partial charge is 0.455 e. The van der Waals surface area contributed by atoms with Gasteiger partial charge in [-0.2, -0.15) is 0 Å². The van der Waals surface area contributed by atoms with E-state index in [1.807, 2.05) is 31.2 Å². The number of aryl methyl sites for hydroxylation is 1. The predicted molar refractivity (Wildman–Crippen MR) is 99.0 cm³/mol. The molecule has 1 N–H and O–H groups in total. The van der Waals surface area contributed by atoms with Crippen molar-refractivity contribution in [3.8, 4) is 0 Å². The summed E-state index contributed by atoms with van der Waals surface area (Å²) in [5.41, 5.74) is 1.14. The number of hydrogen-bond donors (Lipinski definition) is 1. The number of benzene rings is 1. The van der Waals surface area contributed by atoms with Gasteiger partial charge in [0.05, 0.1) is 16.6 Å². The Morgan fingerprint density at radius 3 is 2.44 bits per heavy atom. The number of amides is 1. The van der Waals surface area contributed by atoms with E-state index in [4.69, 9.17) is 4.42 Å². The molecule has 1 atom stereocenters. The Kier molecular flexibility index (Phi) is 6.08. The molecule has 1 aliphatic rings. The number of carbonyl (C=O) groups excluding carboxylic acids is 1. The molecule has 0 saturated heterocycles. The Morgan fingerprint density at radius 1 is 1.08 bits per heavy atom. The van der Waals surface area contributed by atoms with E-state index in [1.54, 1.807) is 12.1 Å². The SMILES string of the molecule is Cc1ccc([S@@](=O)Cc2ccc(C(=O)NC3CCCCCC3)o2)cc1. The van der Waals surface area contributed by atoms with E-state index in [0.29, 0.717) is 11.5 Å². The monoisotopic (exact) mass is 359 g/mol. The van der Waals surface area contributed by atoms with Crippen molar-refractivity contribution in [3.63, 3.8) is 0 Å². The van der Waals surface area contributed by atoms with Crippen LogP contribution < -0.4 is 5.32 Å². The lowest BCUT2D eigenvalue weighted by Crippen LogP contribution is -2.34. The second-order valence-corrected chi connectivity index (χ2v) is 8.18. The van der Waals surface area contributed by atoms with Crippen LogP contribution in [0.1, 0.15) is 60.4 Å². The molecule has 0 radical (unpaired) electrons. The van der Waals surface area contributed by atoms with Crippen LogP contribution >= 0.6 is 0 Å². The lowest BCUT2D eigenvalue weighted by Gasteiger charge is -2.14. The quantitative estimate of drug-likeness (QED) is 0.808. The molecule has 1 saturated carbocycles. The molecule has 4 nitrogen and oxygen atoms in total. The average Bonchev–Trinajstić information content (AvgIpc) is 2.91. The first-order chi connectivity index (χ1) is 12.1. The maximum Gasteiger partial charge on any atom is 0.287 e. The second-order valence-electron chi connectivity index (χ2n) is 6.73. The zero-order valence-corrected chi connectivity index (χ0v) is 15.4. The summed E-state index contributed by atoms with van der Waals surface area (Å²) in [4.78, 5) is 13.1. The first-order valence-corrected chi connectivity index (χ1v) is 10.3. The van der Waals surface area contributed by atoms with Gasteiger partial charge in [0.25, 0.3) is 5.91 Å². The smallest absolute Gasteiger partial charge is 0.287 e. The van der Waals surface area contributed by atoms with Gasteiger partial charge >= 0.3 is 0 Å². The molecule has 1 amide bonds. The average molecular weight is 359 g/mol. The summed E-state index contributed by atoms with van der Waals surface area (Å²) in [7, 11) is -1.18. The van der Waals surface area contributed by atoms with Gasteiger partial charge in [-0.05, 0) is 44.0 Å². The maximum atomic E-state index is 12.4. The van der Waals surface area contributed by atoms with Gasteiger partial charge in [0.2, 0.25) is 0 Å². The molecule has 134 valence electrons. The molecule has 0 bridgehead atoms. The number of furan rings is 1. The molecule has 0 spiro atoms. The minimum atomic E-state index is -1.18. The molecule has 1 fully saturated rings. The molecular formula is C20H25NO3S. The lowest BCUT2D eigenvalue weighted by molar-refractivity contribution is 0.0904. The molecular weight excluding hydrogens is 334 g/mol. The highest BCUT2D eigenvalue weighted by molar-refractivity contribution is 7.84. The van der Waals surface area contributed by atoms with Gasteiger partial charge in [0, 0.05) is 10.9 Å². The van der Waals surface area contributed by atoms with E-state index in [0.717, 1.165) is 23.3 Å². The Morgan fingerprint density at radius 2 is 1.76 bits per heavy atom. The molecule has 3 rings (SSSR count). The minimum absolute atomic E-state index is 0.167. The molecule has 1 aromatic heterocycles. The van der Waals surface area contributed by atoms with Gasteiger partial charge in [0.15, 0.2) is 5.76 Å². The summed E-state index contributed by atoms with van der Waals surface area (Å²) >= 11 is 0. The zero-order chi connectivity index (χ0) is 17.6. The highest BCUT2D eigenvalue weighted by Crippen LogP contribution is 2.19. The molecule has 5 heteroatoms. The van der Waals surface area contributed by atoms with Crippen LogP contribution in [0, 0.1) is 6.92 Å². The van der Waals surface area contributed by atoms with Crippen molar-refractivity contribution in [1.82, 2.24) is 5.32 Å². The summed E-state index contributed by atoms with van der Waals surface area (Å²) in [6, 6.07) is 11.3. The van der Waals surface area contributed by atoms with E-state index < -0.39 is 10.8 Å². The van der Waals surface area contributed by atoms with Crippen LogP contribution in [0.25, 0.3) is 0 Å². The summed E-state index contributed by atoms with van der Waals surface area (Å²) in [5, 5.41) is 3.07. The number of carbonyl (C=O) groups is 1. The third-order valence-corrected chi connectivity index (χ3v) is 5.98. The normalized spacial score (nSPS) is 17.0. The summed E-state index contributed by atoms with van der Waals surface area (Å²) in [5.74, 6) is 0.990. The molecule has 1 aliphatic carbocycles. The van der Waals surface area contributed by atoms with Gasteiger partial charge in [-0.3, -0.25) is 9.00 Å². The van der Waals surface area contributed by atoms with Crippen molar-refractivity contribution >= 4 is 16.7 Å². The van der Waals surface area contributed by atoms with Crippen molar-refractivity contribution < 1.29 is 13.4 Å². The molecule has 0 unspecified atom stereocenters. The van der Waals surface area contributed by atoms with Crippen LogP contribution in [0.5, 0.6) is 0 Å². The molecule has 25 heavy (non-hydrogen) atoms. The molecule has 1 aromatic carbocycles. The topological polar surface area (TPSA) is 59.3 Å². The molecule has 2 aromatic rings. The number of nitrogens with one attached hydrogen (secondary N) is 1. The first-order valence-electron chi connectivity index (χ1n) is 8.96. The standard InChI is InChI=1S/C20H25NO3S/c1-15-8-11-18(12-9-15)25(23)14-17-10-13-19(24-17)20(22)21-16-6-4-2-3-5-7-16/h8-13,16H,2-7,14H2,1H3,(H,21,22)/t25-/m0/s1. The zero-order valence-electron chi connectivity index (χ0n) is 14.6. The van der Waals surface area contributed by atoms with E-state index in [2.05, 4.69) is 5.32 Å². The van der Waals surface area contributed by atoms with Gasteiger partial charge in [-0.1, -0.05) is 43.4 Å². The van der Waals surface area contributed by atoms with Crippen molar-refractivity contribution in [2.24, 2.45) is 0 Å². The molecule has 1 heterocycles. The Bertz CT molecular complexity index is 728. The Hall–Kier alpha value is -1.88. The second kappa shape index (κ2) is 8.48. The minimum Gasteiger partial charge on any atom is -0.455 e. The van der Waals surface area contributed by atoms with Crippen LogP contribution in [0.3, 0.4) is 0 Å². The van der Waals surface area contributed by atoms with Crippen LogP contribution in [0.2, 0.25) is 0 Å². The van der Waals surface area contributed by atoms with Gasteiger partial charge < -0.3 is 9.73 Å². The third kappa shape index (κ3) is 5.05. The fourth-order valence-electron chi connectivity index (χ4n) is 3.16. The summed E-state index contributed by atoms with van der Waals surface area (Å²) in [6.07, 6.45) is 6.92. The van der Waals surface area contributed by atoms with Crippen molar-refractivity contribution in [1.29, 1.82) is 0 Å². The van der Waals surface area contributed by atoms with Crippen LogP contribution in [0.15, 0.2) is 45.7 Å². The van der Waals surface area contributed by atoms with E-state index in [-0.39, 0.29) is 17.7 Å². The van der Waals surface area contributed by atoms with Crippen LogP contribution in [-0.4, -0.2) is 16.2 Å². The van der Waals surface area contributed by atoms with E-state index in [9.17, 15) is 9.00 Å². The van der Waals surface area contributed by atoms with Gasteiger partial charge in [-0.25, -0.2) is 0 Å². The molecule has 0 aliphatic heterocycles. The predicted octanol–water partition coefficient (Wildman–Crippen LogP) is 4.35. The van der Waals surface area contributed by atoms with Crippen LogP contribution in [0.4, 0.5) is 0 Å². The van der Waals surface area contributed by atoms with Crippen molar-refractivity contribution in [3.05, 3.63) is 53.5 Å². The first kappa shape index (κ1) is 17.9. The van der Waals surface area contributed by atoms with E-state index in [1.165, 1.54) is 25.7 Å². The van der Waals surface area contributed by atoms with E-state index >= 15 is 0 Å². The highest BCUT2D eigenvalue weighted by atomic mass is 32.2. The summed E-state index contributed by atoms with van der Waals surface area (Å²) in [6.45, 7) is 2.00. The maximum absolute atomic E-state index is 12.4. The van der Waals surface area contributed by atoms with Crippen LogP contribution in [-0.2, 0) is 16.6 Å². The van der Waals surface area contributed by atoms with Gasteiger partial charge in [-0.15, -0.1) is 0 Å². The number of rotatable bonds is 5. The Labute approximate surface area is 151 Å². The van der Waals surface area contributed by atoms with Crippen molar-refractivity contribution in [2.45, 2.75) is 62.1 Å². The summed E-state index contributed by atoms with van der Waals surface area (Å²) < 4.78 is 18.0. The number of hydrogen-bond acceptors (Lipinski definition) is 3.